The molecule has 1 unspecified atom stereocenters. The number of rotatable bonds is 2. The van der Waals surface area contributed by atoms with Gasteiger partial charge >= 0.3 is 0 Å². The van der Waals surface area contributed by atoms with Gasteiger partial charge < -0.3 is 10.6 Å². The minimum Gasteiger partial charge on any atom is -0.328 e. The van der Waals surface area contributed by atoms with Gasteiger partial charge in [-0.3, -0.25) is 9.59 Å². The number of hydrogen-bond acceptors (Lipinski definition) is 2. The number of amides is 2. The van der Waals surface area contributed by atoms with Crippen molar-refractivity contribution in [1.29, 1.82) is 0 Å². The second-order valence-electron chi connectivity index (χ2n) is 4.33. The second-order valence-corrected chi connectivity index (χ2v) is 4.33. The predicted molar refractivity (Wildman–Crippen MR) is 70.6 cm³/mol. The Morgan fingerprint density at radius 2 is 1.68 bits per heavy atom. The van der Waals surface area contributed by atoms with E-state index in [-0.39, 0.29) is 11.8 Å². The average molecular weight is 252 g/mol. The topological polar surface area (TPSA) is 58.2 Å². The summed E-state index contributed by atoms with van der Waals surface area (Å²) >= 11 is 0. The summed E-state index contributed by atoms with van der Waals surface area (Å²) in [6.45, 7) is 0. The van der Waals surface area contributed by atoms with Crippen molar-refractivity contribution in [1.82, 2.24) is 10.6 Å². The first-order chi connectivity index (χ1) is 9.25. The molecule has 0 radical (unpaired) electrons. The number of nitrogens with one attached hydrogen (secondary N) is 2. The van der Waals surface area contributed by atoms with E-state index in [4.69, 9.17) is 0 Å². The highest BCUT2D eigenvalue weighted by Crippen LogP contribution is 2.23. The van der Waals surface area contributed by atoms with Crippen molar-refractivity contribution in [3.8, 4) is 0 Å². The molecule has 0 bridgehead atoms. The standard InChI is InChI=1S/C15H12N2O2/c18-14(10-6-2-1-3-7-10)16-13-11-8-4-5-9-12(11)15(19)17-13/h1-9,13H,(H,16,18)(H,17,19). The summed E-state index contributed by atoms with van der Waals surface area (Å²) in [7, 11) is 0. The van der Waals surface area contributed by atoms with Crippen molar-refractivity contribution in [2.24, 2.45) is 0 Å². The van der Waals surface area contributed by atoms with Crippen molar-refractivity contribution in [3.63, 3.8) is 0 Å². The monoisotopic (exact) mass is 252 g/mol. The molecule has 0 saturated heterocycles. The number of carbonyl (C=O) groups is 2. The summed E-state index contributed by atoms with van der Waals surface area (Å²) in [5, 5.41) is 5.56. The summed E-state index contributed by atoms with van der Waals surface area (Å²) in [5.41, 5.74) is 1.98. The maximum absolute atomic E-state index is 12.1. The Bertz CT molecular complexity index is 638. The van der Waals surface area contributed by atoms with Crippen LogP contribution in [0.3, 0.4) is 0 Å². The van der Waals surface area contributed by atoms with Crippen molar-refractivity contribution in [3.05, 3.63) is 71.3 Å². The van der Waals surface area contributed by atoms with Crippen molar-refractivity contribution in [2.75, 3.05) is 0 Å². The summed E-state index contributed by atoms with van der Waals surface area (Å²) in [6, 6.07) is 16.2. The average Bonchev–Trinajstić information content (AvgIpc) is 2.77. The van der Waals surface area contributed by atoms with Gasteiger partial charge in [0, 0.05) is 16.7 Å². The first-order valence-electron chi connectivity index (χ1n) is 6.01. The Morgan fingerprint density at radius 1 is 1.00 bits per heavy atom. The molecular formula is C15H12N2O2. The van der Waals surface area contributed by atoms with E-state index in [9.17, 15) is 9.59 Å². The van der Waals surface area contributed by atoms with Gasteiger partial charge in [0.2, 0.25) is 0 Å². The van der Waals surface area contributed by atoms with E-state index in [1.807, 2.05) is 18.2 Å². The Morgan fingerprint density at radius 3 is 2.47 bits per heavy atom. The van der Waals surface area contributed by atoms with Crippen molar-refractivity contribution in [2.45, 2.75) is 6.17 Å². The third kappa shape index (κ3) is 2.08. The molecule has 1 heterocycles. The first kappa shape index (κ1) is 11.5. The smallest absolute Gasteiger partial charge is 0.253 e. The third-order valence-corrected chi connectivity index (χ3v) is 3.10. The fourth-order valence-electron chi connectivity index (χ4n) is 2.16. The zero-order valence-corrected chi connectivity index (χ0v) is 10.1. The lowest BCUT2D eigenvalue weighted by Crippen LogP contribution is -2.35. The van der Waals surface area contributed by atoms with E-state index < -0.39 is 6.17 Å². The maximum Gasteiger partial charge on any atom is 0.253 e. The van der Waals surface area contributed by atoms with Crippen LogP contribution in [-0.2, 0) is 0 Å². The fraction of sp³-hybridized carbons (Fsp3) is 0.0667. The summed E-state index contributed by atoms with van der Waals surface area (Å²) in [5.74, 6) is -0.364. The van der Waals surface area contributed by atoms with Crippen LogP contribution < -0.4 is 10.6 Å². The van der Waals surface area contributed by atoms with Gasteiger partial charge in [-0.05, 0) is 18.2 Å². The molecule has 4 heteroatoms. The van der Waals surface area contributed by atoms with Gasteiger partial charge in [-0.25, -0.2) is 0 Å². The van der Waals surface area contributed by atoms with E-state index in [0.717, 1.165) is 5.56 Å². The van der Waals surface area contributed by atoms with Crippen LogP contribution in [0.25, 0.3) is 0 Å². The molecule has 0 saturated carbocycles. The van der Waals surface area contributed by atoms with Crippen LogP contribution in [0, 0.1) is 0 Å². The summed E-state index contributed by atoms with van der Waals surface area (Å²) < 4.78 is 0. The molecule has 1 aliphatic rings. The normalized spacial score (nSPS) is 16.6. The Labute approximate surface area is 110 Å². The van der Waals surface area contributed by atoms with E-state index in [1.165, 1.54) is 0 Å². The molecule has 1 atom stereocenters. The molecule has 4 nitrogen and oxygen atoms in total. The van der Waals surface area contributed by atoms with Crippen LogP contribution in [-0.4, -0.2) is 11.8 Å². The van der Waals surface area contributed by atoms with Crippen LogP contribution in [0.5, 0.6) is 0 Å². The lowest BCUT2D eigenvalue weighted by Gasteiger charge is -2.14. The molecule has 0 fully saturated rings. The first-order valence-corrected chi connectivity index (χ1v) is 6.01. The highest BCUT2D eigenvalue weighted by Gasteiger charge is 2.29. The summed E-state index contributed by atoms with van der Waals surface area (Å²) in [6.07, 6.45) is -0.462. The van der Waals surface area contributed by atoms with Gasteiger partial charge in [-0.15, -0.1) is 0 Å². The van der Waals surface area contributed by atoms with Gasteiger partial charge in [-0.1, -0.05) is 36.4 Å². The van der Waals surface area contributed by atoms with Gasteiger partial charge in [-0.2, -0.15) is 0 Å². The van der Waals surface area contributed by atoms with Crippen molar-refractivity contribution >= 4 is 11.8 Å². The molecule has 3 rings (SSSR count). The fourth-order valence-corrected chi connectivity index (χ4v) is 2.16. The second kappa shape index (κ2) is 4.57. The van der Waals surface area contributed by atoms with Crippen molar-refractivity contribution < 1.29 is 9.59 Å². The van der Waals surface area contributed by atoms with E-state index in [2.05, 4.69) is 10.6 Å². The van der Waals surface area contributed by atoms with Gasteiger partial charge in [0.25, 0.3) is 11.8 Å². The molecule has 2 N–H and O–H groups in total. The van der Waals surface area contributed by atoms with E-state index in [1.54, 1.807) is 36.4 Å². The number of benzene rings is 2. The molecule has 0 aliphatic carbocycles. The van der Waals surface area contributed by atoms with Crippen LogP contribution >= 0.6 is 0 Å². The summed E-state index contributed by atoms with van der Waals surface area (Å²) in [4.78, 5) is 23.8. The van der Waals surface area contributed by atoms with Crippen LogP contribution in [0.15, 0.2) is 54.6 Å². The van der Waals surface area contributed by atoms with Gasteiger partial charge in [0.05, 0.1) is 0 Å². The lowest BCUT2D eigenvalue weighted by molar-refractivity contribution is 0.0904. The highest BCUT2D eigenvalue weighted by atomic mass is 16.2. The molecule has 2 amide bonds. The van der Waals surface area contributed by atoms with Crippen LogP contribution in [0.1, 0.15) is 32.4 Å². The number of hydrogen-bond donors (Lipinski definition) is 2. The number of carbonyl (C=O) groups excluding carboxylic acids is 2. The molecule has 0 aromatic heterocycles. The molecule has 0 spiro atoms. The Hall–Kier alpha value is -2.62. The van der Waals surface area contributed by atoms with Crippen LogP contribution in [0.2, 0.25) is 0 Å². The predicted octanol–water partition coefficient (Wildman–Crippen LogP) is 1.86. The van der Waals surface area contributed by atoms with Gasteiger partial charge in [0.1, 0.15) is 6.17 Å². The lowest BCUT2D eigenvalue weighted by atomic mass is 10.1. The largest absolute Gasteiger partial charge is 0.328 e. The number of fused-ring (bicyclic) bond motifs is 1. The molecule has 1 aliphatic heterocycles. The molecule has 94 valence electrons. The SMILES string of the molecule is O=C(NC1NC(=O)c2ccccc21)c1ccccc1. The Balaban J connectivity index is 1.83. The zero-order chi connectivity index (χ0) is 13.2. The zero-order valence-electron chi connectivity index (χ0n) is 10.1. The molecular weight excluding hydrogens is 240 g/mol. The molecule has 2 aromatic rings. The molecule has 19 heavy (non-hydrogen) atoms. The van der Waals surface area contributed by atoms with E-state index in [0.29, 0.717) is 11.1 Å². The maximum atomic E-state index is 12.1. The minimum absolute atomic E-state index is 0.158. The van der Waals surface area contributed by atoms with E-state index >= 15 is 0 Å². The van der Waals surface area contributed by atoms with Gasteiger partial charge in [0.15, 0.2) is 0 Å². The third-order valence-electron chi connectivity index (χ3n) is 3.10. The Kier molecular flexibility index (Phi) is 2.76. The quantitative estimate of drug-likeness (QED) is 0.857. The highest BCUT2D eigenvalue weighted by molar-refractivity contribution is 6.00. The molecule has 2 aromatic carbocycles. The van der Waals surface area contributed by atoms with Crippen LogP contribution in [0.4, 0.5) is 0 Å². The minimum atomic E-state index is -0.462.